The van der Waals surface area contributed by atoms with E-state index in [0.717, 1.165) is 5.69 Å². The summed E-state index contributed by atoms with van der Waals surface area (Å²) in [7, 11) is 3.88. The third kappa shape index (κ3) is 3.64. The average Bonchev–Trinajstić information content (AvgIpc) is 2.47. The molecule has 0 aliphatic heterocycles. The van der Waals surface area contributed by atoms with E-state index in [1.165, 1.54) is 12.1 Å². The summed E-state index contributed by atoms with van der Waals surface area (Å²) < 4.78 is 5.79. The van der Waals surface area contributed by atoms with Crippen molar-refractivity contribution in [1.29, 1.82) is 0 Å². The maximum atomic E-state index is 10.8. The van der Waals surface area contributed by atoms with E-state index in [0.29, 0.717) is 17.1 Å². The molecule has 0 aliphatic rings. The van der Waals surface area contributed by atoms with Crippen molar-refractivity contribution in [3.63, 3.8) is 0 Å². The molecular formula is C15H15ClN2O3. The van der Waals surface area contributed by atoms with E-state index in [-0.39, 0.29) is 11.6 Å². The van der Waals surface area contributed by atoms with Crippen molar-refractivity contribution >= 4 is 23.0 Å². The average molecular weight is 307 g/mol. The number of non-ortho nitro benzene ring substituents is 1. The van der Waals surface area contributed by atoms with Gasteiger partial charge in [0, 0.05) is 43.5 Å². The van der Waals surface area contributed by atoms with Crippen LogP contribution in [0.25, 0.3) is 0 Å². The van der Waals surface area contributed by atoms with Crippen LogP contribution in [0.4, 0.5) is 11.4 Å². The second-order valence-electron chi connectivity index (χ2n) is 4.68. The molecule has 0 radical (unpaired) electrons. The first-order chi connectivity index (χ1) is 10.0. The lowest BCUT2D eigenvalue weighted by Crippen LogP contribution is -2.08. The van der Waals surface area contributed by atoms with Gasteiger partial charge in [-0.15, -0.1) is 11.6 Å². The minimum atomic E-state index is -0.452. The molecule has 5 nitrogen and oxygen atoms in total. The minimum Gasteiger partial charge on any atom is -0.457 e. The maximum Gasteiger partial charge on any atom is 0.270 e. The fraction of sp³-hybridized carbons (Fsp3) is 0.200. The van der Waals surface area contributed by atoms with E-state index in [1.807, 2.05) is 43.3 Å². The zero-order valence-corrected chi connectivity index (χ0v) is 12.5. The lowest BCUT2D eigenvalue weighted by Gasteiger charge is -2.14. The lowest BCUT2D eigenvalue weighted by atomic mass is 10.2. The first kappa shape index (κ1) is 15.1. The van der Waals surface area contributed by atoms with Gasteiger partial charge in [0.15, 0.2) is 0 Å². The van der Waals surface area contributed by atoms with Crippen LogP contribution in [0.15, 0.2) is 42.5 Å². The molecule has 0 saturated carbocycles. The van der Waals surface area contributed by atoms with Gasteiger partial charge in [0.2, 0.25) is 0 Å². The summed E-state index contributed by atoms with van der Waals surface area (Å²) in [6.07, 6.45) is 0. The van der Waals surface area contributed by atoms with Gasteiger partial charge in [-0.25, -0.2) is 0 Å². The highest BCUT2D eigenvalue weighted by Crippen LogP contribution is 2.31. The Hall–Kier alpha value is -2.27. The molecule has 6 heteroatoms. The van der Waals surface area contributed by atoms with Gasteiger partial charge in [-0.3, -0.25) is 10.1 Å². The number of nitro benzene ring substituents is 1. The summed E-state index contributed by atoms with van der Waals surface area (Å²) in [4.78, 5) is 12.3. The van der Waals surface area contributed by atoms with Crippen LogP contribution < -0.4 is 9.64 Å². The van der Waals surface area contributed by atoms with Crippen LogP contribution in [0.3, 0.4) is 0 Å². The molecule has 0 aromatic heterocycles. The number of alkyl halides is 1. The van der Waals surface area contributed by atoms with Gasteiger partial charge in [0.25, 0.3) is 5.69 Å². The lowest BCUT2D eigenvalue weighted by molar-refractivity contribution is -0.384. The third-order valence-corrected chi connectivity index (χ3v) is 3.25. The molecule has 2 aromatic rings. The van der Waals surface area contributed by atoms with Crippen LogP contribution in [0, 0.1) is 10.1 Å². The molecule has 0 amide bonds. The molecule has 0 fully saturated rings. The van der Waals surface area contributed by atoms with E-state index in [1.54, 1.807) is 6.07 Å². The Morgan fingerprint density at radius 3 is 2.62 bits per heavy atom. The predicted molar refractivity (Wildman–Crippen MR) is 83.5 cm³/mol. The number of hydrogen-bond acceptors (Lipinski definition) is 4. The highest BCUT2D eigenvalue weighted by atomic mass is 35.5. The molecule has 2 aromatic carbocycles. The fourth-order valence-corrected chi connectivity index (χ4v) is 2.04. The largest absolute Gasteiger partial charge is 0.457 e. The molecule has 0 N–H and O–H groups in total. The molecular weight excluding hydrogens is 292 g/mol. The number of halogens is 1. The molecule has 0 heterocycles. The molecule has 0 spiro atoms. The molecule has 0 aliphatic carbocycles. The summed E-state index contributed by atoms with van der Waals surface area (Å²) in [5, 5.41) is 10.8. The number of hydrogen-bond donors (Lipinski definition) is 0. The molecule has 0 bridgehead atoms. The van der Waals surface area contributed by atoms with Crippen molar-refractivity contribution in [3.8, 4) is 11.5 Å². The molecule has 0 saturated heterocycles. The smallest absolute Gasteiger partial charge is 0.270 e. The van der Waals surface area contributed by atoms with Crippen molar-refractivity contribution in [2.24, 2.45) is 0 Å². The fourth-order valence-electron chi connectivity index (χ4n) is 1.84. The van der Waals surface area contributed by atoms with Crippen LogP contribution in [0.2, 0.25) is 0 Å². The topological polar surface area (TPSA) is 55.6 Å². The van der Waals surface area contributed by atoms with Crippen LogP contribution in [-0.2, 0) is 5.88 Å². The summed E-state index contributed by atoms with van der Waals surface area (Å²) in [6, 6.07) is 12.0. The van der Waals surface area contributed by atoms with Gasteiger partial charge >= 0.3 is 0 Å². The normalized spacial score (nSPS) is 10.2. The van der Waals surface area contributed by atoms with Crippen LogP contribution in [-0.4, -0.2) is 19.0 Å². The van der Waals surface area contributed by atoms with Crippen LogP contribution >= 0.6 is 11.6 Å². The Morgan fingerprint density at radius 1 is 1.24 bits per heavy atom. The Kier molecular flexibility index (Phi) is 4.65. The van der Waals surface area contributed by atoms with Gasteiger partial charge in [-0.1, -0.05) is 6.07 Å². The SMILES string of the molecule is CN(C)c1cccc(Oc2ccc([N+](=O)[O-])cc2CCl)c1. The quantitative estimate of drug-likeness (QED) is 0.472. The summed E-state index contributed by atoms with van der Waals surface area (Å²) >= 11 is 5.85. The standard InChI is InChI=1S/C15H15ClN2O3/c1-17(2)12-4-3-5-14(9-12)21-15-7-6-13(18(19)20)8-11(15)10-16/h3-9H,10H2,1-2H3. The van der Waals surface area contributed by atoms with Gasteiger partial charge in [-0.05, 0) is 18.2 Å². The van der Waals surface area contributed by atoms with E-state index in [9.17, 15) is 10.1 Å². The zero-order valence-electron chi connectivity index (χ0n) is 11.7. The van der Waals surface area contributed by atoms with Gasteiger partial charge in [0.05, 0.1) is 10.8 Å². The molecule has 110 valence electrons. The van der Waals surface area contributed by atoms with Crippen molar-refractivity contribution in [3.05, 3.63) is 58.1 Å². The summed E-state index contributed by atoms with van der Waals surface area (Å²) in [6.45, 7) is 0. The Morgan fingerprint density at radius 2 is 2.00 bits per heavy atom. The molecule has 2 rings (SSSR count). The van der Waals surface area contributed by atoms with E-state index < -0.39 is 4.92 Å². The number of nitrogens with zero attached hydrogens (tertiary/aromatic N) is 2. The van der Waals surface area contributed by atoms with Gasteiger partial charge in [0.1, 0.15) is 11.5 Å². The first-order valence-corrected chi connectivity index (χ1v) is 6.83. The Labute approximate surface area is 127 Å². The van der Waals surface area contributed by atoms with Gasteiger partial charge < -0.3 is 9.64 Å². The highest BCUT2D eigenvalue weighted by molar-refractivity contribution is 6.17. The number of ether oxygens (including phenoxy) is 1. The predicted octanol–water partition coefficient (Wildman–Crippen LogP) is 4.19. The molecule has 21 heavy (non-hydrogen) atoms. The monoisotopic (exact) mass is 306 g/mol. The van der Waals surface area contributed by atoms with Crippen molar-refractivity contribution in [2.45, 2.75) is 5.88 Å². The van der Waals surface area contributed by atoms with E-state index in [4.69, 9.17) is 16.3 Å². The molecule has 0 atom stereocenters. The number of anilines is 1. The second kappa shape index (κ2) is 6.45. The number of rotatable bonds is 5. The summed E-state index contributed by atoms with van der Waals surface area (Å²) in [5.74, 6) is 1.32. The van der Waals surface area contributed by atoms with Crippen LogP contribution in [0.5, 0.6) is 11.5 Å². The highest BCUT2D eigenvalue weighted by Gasteiger charge is 2.12. The zero-order chi connectivity index (χ0) is 15.4. The summed E-state index contributed by atoms with van der Waals surface area (Å²) in [5.41, 5.74) is 1.59. The minimum absolute atomic E-state index is 0.0000391. The van der Waals surface area contributed by atoms with Gasteiger partial charge in [-0.2, -0.15) is 0 Å². The van der Waals surface area contributed by atoms with Crippen LogP contribution in [0.1, 0.15) is 5.56 Å². The second-order valence-corrected chi connectivity index (χ2v) is 4.94. The Balaban J connectivity index is 2.31. The van der Waals surface area contributed by atoms with E-state index in [2.05, 4.69) is 0 Å². The van der Waals surface area contributed by atoms with Crippen molar-refractivity contribution in [1.82, 2.24) is 0 Å². The molecule has 0 unspecified atom stereocenters. The van der Waals surface area contributed by atoms with Crippen molar-refractivity contribution < 1.29 is 9.66 Å². The van der Waals surface area contributed by atoms with E-state index >= 15 is 0 Å². The maximum absolute atomic E-state index is 10.8. The van der Waals surface area contributed by atoms with Crippen molar-refractivity contribution in [2.75, 3.05) is 19.0 Å². The number of benzene rings is 2. The Bertz CT molecular complexity index is 659. The third-order valence-electron chi connectivity index (χ3n) is 2.96. The number of nitro groups is 1. The first-order valence-electron chi connectivity index (χ1n) is 6.30.